The topological polar surface area (TPSA) is 74.7 Å². The first-order valence-corrected chi connectivity index (χ1v) is 8.16. The maximum Gasteiger partial charge on any atom is 0.163 e. The molecule has 2 aromatic carbocycles. The highest BCUT2D eigenvalue weighted by Gasteiger charge is 2.13. The van der Waals surface area contributed by atoms with E-state index in [4.69, 9.17) is 32.3 Å². The molecule has 1 N–H and O–H groups in total. The molecular formula is C22H22FN3O4. The highest BCUT2D eigenvalue weighted by atomic mass is 19.1. The molecule has 0 aliphatic heterocycles. The van der Waals surface area contributed by atoms with Crippen molar-refractivity contribution >= 4 is 22.4 Å². The molecule has 0 radical (unpaired) electrons. The van der Waals surface area contributed by atoms with Gasteiger partial charge >= 0.3 is 0 Å². The second kappa shape index (κ2) is 10.4. The van der Waals surface area contributed by atoms with E-state index >= 15 is 0 Å². The zero-order valence-electron chi connectivity index (χ0n) is 27.2. The van der Waals surface area contributed by atoms with Crippen molar-refractivity contribution in [1.82, 2.24) is 9.97 Å². The van der Waals surface area contributed by atoms with Gasteiger partial charge in [0.15, 0.2) is 11.5 Å². The average molecular weight is 424 g/mol. The summed E-state index contributed by atoms with van der Waals surface area (Å²) in [5.41, 5.74) is 0.301. The monoisotopic (exact) mass is 423 g/mol. The Morgan fingerprint density at radius 3 is 2.77 bits per heavy atom. The molecule has 0 amide bonds. The molecule has 7 nitrogen and oxygen atoms in total. The van der Waals surface area contributed by atoms with Crippen LogP contribution in [0.5, 0.6) is 11.5 Å². The number of benzene rings is 2. The molecule has 3 aromatic rings. The van der Waals surface area contributed by atoms with Crippen molar-refractivity contribution in [2.24, 2.45) is 0 Å². The lowest BCUT2D eigenvalue weighted by atomic mass is 10.1. The lowest BCUT2D eigenvalue weighted by Crippen LogP contribution is -2.09. The summed E-state index contributed by atoms with van der Waals surface area (Å²) in [5.74, 6) is 0.549. The molecule has 8 heteroatoms. The van der Waals surface area contributed by atoms with E-state index in [1.807, 2.05) is 0 Å². The van der Waals surface area contributed by atoms with E-state index in [-0.39, 0.29) is 22.3 Å². The summed E-state index contributed by atoms with van der Waals surface area (Å²) in [6, 6.07) is 5.99. The van der Waals surface area contributed by atoms with Crippen molar-refractivity contribution in [3.63, 3.8) is 0 Å². The van der Waals surface area contributed by atoms with Gasteiger partial charge in [-0.05, 0) is 24.3 Å². The Bertz CT molecular complexity index is 1490. The number of rotatable bonds is 10. The number of hydrogen-bond donors (Lipinski definition) is 1. The molecule has 0 aliphatic rings. The fourth-order valence-electron chi connectivity index (χ4n) is 2.44. The minimum Gasteiger partial charge on any atom is -0.487 e. The van der Waals surface area contributed by atoms with Crippen LogP contribution in [0.2, 0.25) is 0 Å². The van der Waals surface area contributed by atoms with Crippen LogP contribution < -0.4 is 14.8 Å². The number of halogens is 1. The number of nitrogens with one attached hydrogen (secondary N) is 1. The summed E-state index contributed by atoms with van der Waals surface area (Å²) in [5, 5.41) is 3.04. The Hall–Kier alpha value is -3.41. The number of nitrogens with zero attached hydrogens (tertiary/aromatic N) is 2. The highest BCUT2D eigenvalue weighted by Crippen LogP contribution is 2.35. The minimum absolute atomic E-state index is 0.0454. The van der Waals surface area contributed by atoms with Gasteiger partial charge in [0.05, 0.1) is 40.6 Å². The first-order chi connectivity index (χ1) is 19.1. The molecule has 0 unspecified atom stereocenters. The van der Waals surface area contributed by atoms with Gasteiger partial charge in [-0.25, -0.2) is 14.4 Å². The number of methoxy groups -OCH3 is 2. The Labute approximate surface area is 191 Å². The third-order valence-corrected chi connectivity index (χ3v) is 3.70. The fraction of sp³-hybridized carbons (Fsp3) is 0.273. The standard InChI is InChI=1S/C22H22FN3O4/c1-4-15-11-16(5-6-18(15)23)26-22-17-12-20(29-9-7-27-2)21(30-10-8-28-3)13-19(17)24-14-25-22/h1,5-6,11-14H,7-10H2,2-3H3,(H,24,25,26)/i2D3,3D3,7D2,8D2,10D2. The lowest BCUT2D eigenvalue weighted by molar-refractivity contribution is 0.132. The first kappa shape index (κ1) is 10.6. The minimum atomic E-state index is -3.54. The Balaban J connectivity index is 2.09. The van der Waals surface area contributed by atoms with E-state index in [1.165, 1.54) is 12.1 Å². The van der Waals surface area contributed by atoms with Crippen molar-refractivity contribution in [1.29, 1.82) is 0 Å². The third-order valence-electron chi connectivity index (χ3n) is 3.70. The molecule has 0 fully saturated rings. The molecule has 1 heterocycles. The van der Waals surface area contributed by atoms with Crippen LogP contribution in [0.3, 0.4) is 0 Å². The van der Waals surface area contributed by atoms with Gasteiger partial charge in [0.25, 0.3) is 0 Å². The van der Waals surface area contributed by atoms with E-state index in [1.54, 1.807) is 0 Å². The van der Waals surface area contributed by atoms with E-state index in [0.29, 0.717) is 5.69 Å². The van der Waals surface area contributed by atoms with Crippen LogP contribution in [-0.2, 0) is 9.47 Å². The van der Waals surface area contributed by atoms with Crippen molar-refractivity contribution in [3.05, 3.63) is 48.0 Å². The average Bonchev–Trinajstić information content (AvgIpc) is 2.81. The number of aromatic nitrogens is 2. The van der Waals surface area contributed by atoms with E-state index in [9.17, 15) is 4.39 Å². The summed E-state index contributed by atoms with van der Waals surface area (Å²) < 4.78 is 123. The quantitative estimate of drug-likeness (QED) is 0.500. The molecule has 0 aliphatic carbocycles. The molecule has 0 bridgehead atoms. The predicted octanol–water partition coefficient (Wildman–Crippen LogP) is 3.54. The fourth-order valence-corrected chi connectivity index (χ4v) is 2.44. The molecule has 0 atom stereocenters. The third kappa shape index (κ3) is 5.14. The summed E-state index contributed by atoms with van der Waals surface area (Å²) in [6.45, 7) is -11.0. The molecule has 0 saturated heterocycles. The highest BCUT2D eigenvalue weighted by molar-refractivity contribution is 5.93. The lowest BCUT2D eigenvalue weighted by Gasteiger charge is -2.15. The number of hydrogen-bond acceptors (Lipinski definition) is 7. The van der Waals surface area contributed by atoms with Crippen LogP contribution in [0.25, 0.3) is 10.9 Å². The predicted molar refractivity (Wildman–Crippen MR) is 112 cm³/mol. The molecule has 3 rings (SSSR count). The zero-order valence-corrected chi connectivity index (χ0v) is 15.2. The first-order valence-electron chi connectivity index (χ1n) is 14.2. The van der Waals surface area contributed by atoms with Crippen LogP contribution in [-0.4, -0.2) is 50.3 Å². The van der Waals surface area contributed by atoms with Crippen molar-refractivity contribution in [2.75, 3.05) is 45.7 Å². The van der Waals surface area contributed by atoms with Gasteiger partial charge in [0.1, 0.15) is 31.1 Å². The molecule has 0 saturated carbocycles. The summed E-state index contributed by atoms with van der Waals surface area (Å²) in [6.07, 6.45) is 6.41. The van der Waals surface area contributed by atoms with Gasteiger partial charge in [0, 0.05) is 31.2 Å². The van der Waals surface area contributed by atoms with Crippen LogP contribution >= 0.6 is 0 Å². The Kier molecular flexibility index (Phi) is 3.66. The Morgan fingerprint density at radius 1 is 1.10 bits per heavy atom. The van der Waals surface area contributed by atoms with E-state index in [0.717, 1.165) is 24.5 Å². The van der Waals surface area contributed by atoms with Crippen molar-refractivity contribution < 1.29 is 39.8 Å². The summed E-state index contributed by atoms with van der Waals surface area (Å²) in [7, 11) is -6.49. The van der Waals surface area contributed by atoms with E-state index in [2.05, 4.69) is 30.7 Å². The van der Waals surface area contributed by atoms with E-state index < -0.39 is 57.7 Å². The van der Waals surface area contributed by atoms with Crippen LogP contribution in [0.4, 0.5) is 15.9 Å². The van der Waals surface area contributed by atoms with Crippen molar-refractivity contribution in [2.45, 2.75) is 0 Å². The normalized spacial score (nSPS) is 18.8. The van der Waals surface area contributed by atoms with Gasteiger partial charge < -0.3 is 24.3 Å². The number of anilines is 2. The molecule has 30 heavy (non-hydrogen) atoms. The summed E-state index contributed by atoms with van der Waals surface area (Å²) in [4.78, 5) is 8.16. The number of fused-ring (bicyclic) bond motifs is 1. The van der Waals surface area contributed by atoms with Gasteiger partial charge in [-0.1, -0.05) is 5.92 Å². The second-order valence-corrected chi connectivity index (χ2v) is 5.45. The number of ether oxygens (including phenoxy) is 4. The molecule has 0 spiro atoms. The van der Waals surface area contributed by atoms with Gasteiger partial charge in [-0.15, -0.1) is 6.42 Å². The number of terminal acetylenes is 1. The van der Waals surface area contributed by atoms with Gasteiger partial charge in [-0.3, -0.25) is 0 Å². The van der Waals surface area contributed by atoms with Crippen LogP contribution in [0.1, 0.15) is 22.0 Å². The molecule has 156 valence electrons. The van der Waals surface area contributed by atoms with Crippen molar-refractivity contribution in [3.8, 4) is 23.8 Å². The second-order valence-electron chi connectivity index (χ2n) is 5.45. The van der Waals surface area contributed by atoms with Crippen LogP contribution in [0, 0.1) is 18.2 Å². The zero-order chi connectivity index (χ0) is 31.7. The van der Waals surface area contributed by atoms with Gasteiger partial charge in [0.2, 0.25) is 0 Å². The summed E-state index contributed by atoms with van der Waals surface area (Å²) >= 11 is 0. The SMILES string of the molecule is [2H]C([2H])([2H])OC([2H])([2H])COc1cc2c(Nc3ccc(F)c(C#C)c3)ncnc2cc1OC([2H])([2H])C([2H])([2H])OC([2H])([2H])[2H]. The largest absolute Gasteiger partial charge is 0.487 e. The Morgan fingerprint density at radius 2 is 1.93 bits per heavy atom. The van der Waals surface area contributed by atoms with Gasteiger partial charge in [-0.2, -0.15) is 0 Å². The maximum atomic E-state index is 13.9. The van der Waals surface area contributed by atoms with Crippen LogP contribution in [0.15, 0.2) is 36.7 Å². The maximum absolute atomic E-state index is 13.9. The molecule has 1 aromatic heterocycles. The molecular weight excluding hydrogens is 389 g/mol. The smallest absolute Gasteiger partial charge is 0.163 e.